The Morgan fingerprint density at radius 2 is 2.29 bits per heavy atom. The van der Waals surface area contributed by atoms with Gasteiger partial charge in [0.2, 0.25) is 0 Å². The lowest BCUT2D eigenvalue weighted by molar-refractivity contribution is -0.0477. The maximum Gasteiger partial charge on any atom is 0.330 e. The van der Waals surface area contributed by atoms with E-state index in [2.05, 4.69) is 11.8 Å². The molecule has 4 atom stereocenters. The minimum Gasteiger partial charge on any atom is -0.394 e. The summed E-state index contributed by atoms with van der Waals surface area (Å²) in [6.07, 6.45) is -2.69. The Labute approximate surface area is 118 Å². The summed E-state index contributed by atoms with van der Waals surface area (Å²) >= 11 is 0. The molecule has 0 saturated carbocycles. The number of nitrogens with zero attached hydrogens (tertiary/aromatic N) is 1. The van der Waals surface area contributed by atoms with E-state index in [1.54, 1.807) is 0 Å². The Hall–Kier alpha value is -1.99. The van der Waals surface area contributed by atoms with Crippen LogP contribution in [0.25, 0.3) is 0 Å². The molecule has 3 unspecified atom stereocenters. The van der Waals surface area contributed by atoms with Crippen molar-refractivity contribution in [3.8, 4) is 11.8 Å². The first-order chi connectivity index (χ1) is 9.93. The molecule has 1 aliphatic heterocycles. The van der Waals surface area contributed by atoms with Gasteiger partial charge in [-0.05, 0) is 0 Å². The van der Waals surface area contributed by atoms with E-state index in [-0.39, 0.29) is 0 Å². The molecular formula is C12H14FN3O5. The summed E-state index contributed by atoms with van der Waals surface area (Å²) in [6.45, 7) is -1.56. The fraction of sp³-hybridized carbons (Fsp3) is 0.500. The fourth-order valence-corrected chi connectivity index (χ4v) is 2.18. The van der Waals surface area contributed by atoms with Gasteiger partial charge < -0.3 is 20.7 Å². The number of aromatic nitrogens is 2. The first-order valence-electron chi connectivity index (χ1n) is 6.04. The zero-order chi connectivity index (χ0) is 15.6. The van der Waals surface area contributed by atoms with E-state index in [1.165, 1.54) is 0 Å². The SMILES string of the molecule is NC1(C#CCF)C(n2ccc(=O)[nH]c2=O)OC(CO)[C@@H]1O. The van der Waals surface area contributed by atoms with Gasteiger partial charge in [0.25, 0.3) is 5.56 Å². The Morgan fingerprint density at radius 3 is 2.86 bits per heavy atom. The predicted octanol–water partition coefficient (Wildman–Crippen LogP) is -2.54. The van der Waals surface area contributed by atoms with Crippen LogP contribution in [0, 0.1) is 11.8 Å². The quantitative estimate of drug-likeness (QED) is 0.445. The second-order valence-corrected chi connectivity index (χ2v) is 4.54. The number of aromatic amines is 1. The summed E-state index contributed by atoms with van der Waals surface area (Å²) < 4.78 is 18.5. The Kier molecular flexibility index (Phi) is 4.24. The summed E-state index contributed by atoms with van der Waals surface area (Å²) in [5.41, 5.74) is 2.71. The van der Waals surface area contributed by atoms with Crippen LogP contribution < -0.4 is 17.0 Å². The smallest absolute Gasteiger partial charge is 0.330 e. The number of nitrogens with two attached hydrogens (primary N) is 1. The van der Waals surface area contributed by atoms with E-state index in [4.69, 9.17) is 15.6 Å². The highest BCUT2D eigenvalue weighted by Crippen LogP contribution is 2.35. The third-order valence-corrected chi connectivity index (χ3v) is 3.21. The molecule has 0 aromatic carbocycles. The van der Waals surface area contributed by atoms with Crippen molar-refractivity contribution in [1.29, 1.82) is 0 Å². The van der Waals surface area contributed by atoms with E-state index in [9.17, 15) is 19.1 Å². The van der Waals surface area contributed by atoms with Crippen LogP contribution in [0.5, 0.6) is 0 Å². The number of H-pyrrole nitrogens is 1. The number of aliphatic hydroxyl groups excluding tert-OH is 2. The molecule has 2 heterocycles. The van der Waals surface area contributed by atoms with E-state index in [1.807, 2.05) is 4.98 Å². The average molecular weight is 299 g/mol. The molecule has 1 aliphatic rings. The Bertz CT molecular complexity index is 690. The minimum atomic E-state index is -1.80. The van der Waals surface area contributed by atoms with E-state index >= 15 is 0 Å². The molecule has 0 spiro atoms. The third-order valence-electron chi connectivity index (χ3n) is 3.21. The summed E-state index contributed by atoms with van der Waals surface area (Å²) in [6, 6.07) is 1.06. The number of rotatable bonds is 2. The number of ether oxygens (including phenoxy) is 1. The van der Waals surface area contributed by atoms with Gasteiger partial charge in [0, 0.05) is 12.3 Å². The van der Waals surface area contributed by atoms with E-state index < -0.39 is 48.5 Å². The number of hydrogen-bond donors (Lipinski definition) is 4. The second-order valence-electron chi connectivity index (χ2n) is 4.54. The lowest BCUT2D eigenvalue weighted by Gasteiger charge is -2.27. The van der Waals surface area contributed by atoms with Crippen LogP contribution in [0.4, 0.5) is 4.39 Å². The topological polar surface area (TPSA) is 131 Å². The molecule has 0 amide bonds. The van der Waals surface area contributed by atoms with Crippen LogP contribution in [0.1, 0.15) is 6.23 Å². The molecule has 1 aromatic heterocycles. The van der Waals surface area contributed by atoms with Crippen molar-refractivity contribution in [1.82, 2.24) is 9.55 Å². The number of halogens is 1. The van der Waals surface area contributed by atoms with Crippen LogP contribution in [0.3, 0.4) is 0 Å². The monoisotopic (exact) mass is 299 g/mol. The van der Waals surface area contributed by atoms with Crippen molar-refractivity contribution in [2.24, 2.45) is 5.73 Å². The molecule has 0 bridgehead atoms. The van der Waals surface area contributed by atoms with Gasteiger partial charge in [0.05, 0.1) is 6.61 Å². The lowest BCUT2D eigenvalue weighted by atomic mass is 9.91. The Morgan fingerprint density at radius 1 is 1.57 bits per heavy atom. The van der Waals surface area contributed by atoms with Gasteiger partial charge in [-0.25, -0.2) is 9.18 Å². The third kappa shape index (κ3) is 2.62. The summed E-state index contributed by atoms with van der Waals surface area (Å²) in [5, 5.41) is 19.3. The van der Waals surface area contributed by atoms with Gasteiger partial charge in [-0.3, -0.25) is 14.3 Å². The van der Waals surface area contributed by atoms with E-state index in [0.29, 0.717) is 0 Å². The summed E-state index contributed by atoms with van der Waals surface area (Å²) in [5.74, 6) is 4.41. The molecule has 114 valence electrons. The normalized spacial score (nSPS) is 31.7. The number of aliphatic hydroxyl groups is 2. The Balaban J connectivity index is 2.53. The molecule has 9 heteroatoms. The maximum absolute atomic E-state index is 12.3. The zero-order valence-corrected chi connectivity index (χ0v) is 10.8. The highest BCUT2D eigenvalue weighted by Gasteiger charge is 2.54. The van der Waals surface area contributed by atoms with Crippen LogP contribution in [-0.4, -0.2) is 50.8 Å². The van der Waals surface area contributed by atoms with Gasteiger partial charge in [0.1, 0.15) is 18.9 Å². The molecule has 1 aromatic rings. The van der Waals surface area contributed by atoms with Crippen molar-refractivity contribution in [3.05, 3.63) is 33.1 Å². The van der Waals surface area contributed by atoms with Crippen molar-refractivity contribution >= 4 is 0 Å². The van der Waals surface area contributed by atoms with Crippen LogP contribution in [0.15, 0.2) is 21.9 Å². The second kappa shape index (κ2) is 5.79. The van der Waals surface area contributed by atoms with Crippen LogP contribution in [0.2, 0.25) is 0 Å². The predicted molar refractivity (Wildman–Crippen MR) is 69.0 cm³/mol. The maximum atomic E-state index is 12.3. The minimum absolute atomic E-state index is 0.563. The molecular weight excluding hydrogens is 285 g/mol. The highest BCUT2D eigenvalue weighted by molar-refractivity contribution is 5.25. The van der Waals surface area contributed by atoms with Crippen LogP contribution in [-0.2, 0) is 4.74 Å². The molecule has 21 heavy (non-hydrogen) atoms. The number of hydrogen-bond acceptors (Lipinski definition) is 6. The summed E-state index contributed by atoms with van der Waals surface area (Å²) in [4.78, 5) is 24.9. The lowest BCUT2D eigenvalue weighted by Crippen LogP contribution is -2.55. The molecule has 0 radical (unpaired) electrons. The fourth-order valence-electron chi connectivity index (χ4n) is 2.18. The molecule has 8 nitrogen and oxygen atoms in total. The van der Waals surface area contributed by atoms with Gasteiger partial charge in [-0.15, -0.1) is 0 Å². The molecule has 1 saturated heterocycles. The standard InChI is InChI=1S/C12H14FN3O5/c13-4-1-3-12(14)9(19)7(6-17)21-10(12)16-5-2-8(18)15-11(16)20/h2,5,7,9-10,17,19H,4,6,14H2,(H,15,18,20)/t7?,9-,10?,12?/m0/s1. The van der Waals surface area contributed by atoms with E-state index in [0.717, 1.165) is 16.8 Å². The molecule has 0 aliphatic carbocycles. The highest BCUT2D eigenvalue weighted by atomic mass is 19.1. The van der Waals surface area contributed by atoms with Gasteiger partial charge in [-0.2, -0.15) is 0 Å². The first-order valence-corrected chi connectivity index (χ1v) is 6.04. The number of nitrogens with one attached hydrogen (secondary N) is 1. The van der Waals surface area contributed by atoms with Crippen molar-refractivity contribution in [3.63, 3.8) is 0 Å². The molecule has 2 rings (SSSR count). The first kappa shape index (κ1) is 15.4. The number of alkyl halides is 1. The van der Waals surface area contributed by atoms with Crippen molar-refractivity contribution in [2.75, 3.05) is 13.3 Å². The average Bonchev–Trinajstić information content (AvgIpc) is 2.70. The summed E-state index contributed by atoms with van der Waals surface area (Å²) in [7, 11) is 0. The van der Waals surface area contributed by atoms with Gasteiger partial charge >= 0.3 is 5.69 Å². The van der Waals surface area contributed by atoms with Gasteiger partial charge in [0.15, 0.2) is 11.8 Å². The largest absolute Gasteiger partial charge is 0.394 e. The van der Waals surface area contributed by atoms with Crippen molar-refractivity contribution in [2.45, 2.75) is 24.0 Å². The molecule has 5 N–H and O–H groups in total. The zero-order valence-electron chi connectivity index (χ0n) is 10.8. The van der Waals surface area contributed by atoms with Crippen LogP contribution >= 0.6 is 0 Å². The van der Waals surface area contributed by atoms with Gasteiger partial charge in [-0.1, -0.05) is 11.8 Å². The van der Waals surface area contributed by atoms with Crippen molar-refractivity contribution < 1.29 is 19.3 Å². The molecule has 1 fully saturated rings.